The zero-order chi connectivity index (χ0) is 15.2. The Morgan fingerprint density at radius 3 is 2.45 bits per heavy atom. The Morgan fingerprint density at radius 2 is 1.95 bits per heavy atom. The normalized spacial score (nSPS) is 10.8. The molecule has 20 heavy (non-hydrogen) atoms. The average Bonchev–Trinajstić information content (AvgIpc) is 2.33. The lowest BCUT2D eigenvalue weighted by Crippen LogP contribution is -2.35. The van der Waals surface area contributed by atoms with E-state index in [9.17, 15) is 9.59 Å². The lowest BCUT2D eigenvalue weighted by molar-refractivity contribution is 0.0529. The fourth-order valence-corrected chi connectivity index (χ4v) is 1.20. The Kier molecular flexibility index (Phi) is 5.24. The van der Waals surface area contributed by atoms with Crippen molar-refractivity contribution in [3.8, 4) is 0 Å². The van der Waals surface area contributed by atoms with Crippen molar-refractivity contribution >= 4 is 17.9 Å². The highest BCUT2D eigenvalue weighted by atomic mass is 16.6. The molecule has 0 radical (unpaired) electrons. The van der Waals surface area contributed by atoms with Crippen LogP contribution in [0.5, 0.6) is 0 Å². The SMILES string of the molecule is CC(C)(C)OC(=O)NCCNc1cnc(C(=O)O)cn1. The monoisotopic (exact) mass is 282 g/mol. The Balaban J connectivity index is 2.27. The number of carbonyl (C=O) groups is 2. The van der Waals surface area contributed by atoms with Crippen LogP contribution in [0.15, 0.2) is 12.4 Å². The van der Waals surface area contributed by atoms with Crippen molar-refractivity contribution in [1.82, 2.24) is 15.3 Å². The van der Waals surface area contributed by atoms with Gasteiger partial charge < -0.3 is 20.5 Å². The summed E-state index contributed by atoms with van der Waals surface area (Å²) in [5.74, 6) is -0.698. The van der Waals surface area contributed by atoms with Crippen LogP contribution in [0.1, 0.15) is 31.3 Å². The van der Waals surface area contributed by atoms with E-state index in [1.54, 1.807) is 20.8 Å². The van der Waals surface area contributed by atoms with Gasteiger partial charge in [-0.25, -0.2) is 19.6 Å². The van der Waals surface area contributed by atoms with Gasteiger partial charge in [0.1, 0.15) is 11.4 Å². The molecule has 0 unspecified atom stereocenters. The third-order valence-electron chi connectivity index (χ3n) is 1.97. The molecular formula is C12H18N4O4. The highest BCUT2D eigenvalue weighted by Gasteiger charge is 2.15. The van der Waals surface area contributed by atoms with E-state index in [0.29, 0.717) is 18.9 Å². The highest BCUT2D eigenvalue weighted by molar-refractivity contribution is 5.84. The van der Waals surface area contributed by atoms with Crippen LogP contribution in [0.4, 0.5) is 10.6 Å². The van der Waals surface area contributed by atoms with Crippen LogP contribution in [0.25, 0.3) is 0 Å². The lowest BCUT2D eigenvalue weighted by Gasteiger charge is -2.19. The summed E-state index contributed by atoms with van der Waals surface area (Å²) in [4.78, 5) is 29.5. The third kappa shape index (κ3) is 5.98. The first-order valence-corrected chi connectivity index (χ1v) is 6.04. The van der Waals surface area contributed by atoms with E-state index in [-0.39, 0.29) is 5.69 Å². The van der Waals surface area contributed by atoms with E-state index in [0.717, 1.165) is 6.20 Å². The molecule has 0 fully saturated rings. The summed E-state index contributed by atoms with van der Waals surface area (Å²) < 4.78 is 5.06. The number of anilines is 1. The van der Waals surface area contributed by atoms with Gasteiger partial charge in [0, 0.05) is 13.1 Å². The number of hydrogen-bond acceptors (Lipinski definition) is 6. The number of carboxylic acids is 1. The molecule has 0 aromatic carbocycles. The van der Waals surface area contributed by atoms with Gasteiger partial charge in [-0.05, 0) is 20.8 Å². The number of nitrogens with one attached hydrogen (secondary N) is 2. The largest absolute Gasteiger partial charge is 0.476 e. The number of aromatic carboxylic acids is 1. The summed E-state index contributed by atoms with van der Waals surface area (Å²) >= 11 is 0. The maximum Gasteiger partial charge on any atom is 0.407 e. The predicted molar refractivity (Wildman–Crippen MR) is 71.7 cm³/mol. The van der Waals surface area contributed by atoms with Gasteiger partial charge in [-0.1, -0.05) is 0 Å². The fraction of sp³-hybridized carbons (Fsp3) is 0.500. The number of rotatable bonds is 5. The van der Waals surface area contributed by atoms with Crippen LogP contribution in [0.2, 0.25) is 0 Å². The number of aromatic nitrogens is 2. The lowest BCUT2D eigenvalue weighted by atomic mass is 10.2. The van der Waals surface area contributed by atoms with E-state index in [1.165, 1.54) is 6.20 Å². The van der Waals surface area contributed by atoms with Crippen LogP contribution < -0.4 is 10.6 Å². The number of ether oxygens (including phenoxy) is 1. The number of carboxylic acid groups (broad SMARTS) is 1. The quantitative estimate of drug-likeness (QED) is 0.693. The standard InChI is InChI=1S/C12H18N4O4/c1-12(2,3)20-11(19)14-5-4-13-9-7-15-8(6-16-9)10(17)18/h6-7H,4-5H2,1-3H3,(H,13,16)(H,14,19)(H,17,18). The summed E-state index contributed by atoms with van der Waals surface area (Å²) in [6.07, 6.45) is 1.98. The molecular weight excluding hydrogens is 264 g/mol. The first-order chi connectivity index (χ1) is 9.28. The zero-order valence-corrected chi connectivity index (χ0v) is 11.6. The Morgan fingerprint density at radius 1 is 1.25 bits per heavy atom. The van der Waals surface area contributed by atoms with Gasteiger partial charge in [-0.15, -0.1) is 0 Å². The van der Waals surface area contributed by atoms with Crippen molar-refractivity contribution in [3.63, 3.8) is 0 Å². The maximum absolute atomic E-state index is 11.3. The Labute approximate surface area is 116 Å². The Bertz CT molecular complexity index is 467. The van der Waals surface area contributed by atoms with Crippen LogP contribution in [-0.4, -0.2) is 45.8 Å². The number of amides is 1. The summed E-state index contributed by atoms with van der Waals surface area (Å²) in [6.45, 7) is 6.11. The molecule has 1 aromatic rings. The van der Waals surface area contributed by atoms with Gasteiger partial charge in [-0.3, -0.25) is 0 Å². The van der Waals surface area contributed by atoms with Crippen molar-refractivity contribution in [2.24, 2.45) is 0 Å². The second-order valence-corrected chi connectivity index (χ2v) is 4.95. The summed E-state index contributed by atoms with van der Waals surface area (Å²) in [5, 5.41) is 14.1. The maximum atomic E-state index is 11.3. The van der Waals surface area contributed by atoms with Crippen LogP contribution in [0, 0.1) is 0 Å². The van der Waals surface area contributed by atoms with E-state index >= 15 is 0 Å². The molecule has 8 heteroatoms. The van der Waals surface area contributed by atoms with Crippen LogP contribution in [0.3, 0.4) is 0 Å². The van der Waals surface area contributed by atoms with Crippen LogP contribution >= 0.6 is 0 Å². The van der Waals surface area contributed by atoms with Crippen molar-refractivity contribution in [2.75, 3.05) is 18.4 Å². The number of nitrogens with zero attached hydrogens (tertiary/aromatic N) is 2. The minimum absolute atomic E-state index is 0.123. The Hall–Kier alpha value is -2.38. The molecule has 0 saturated carbocycles. The molecule has 1 rings (SSSR count). The van der Waals surface area contributed by atoms with E-state index in [4.69, 9.17) is 9.84 Å². The fourth-order valence-electron chi connectivity index (χ4n) is 1.20. The molecule has 0 aliphatic heterocycles. The van der Waals surface area contributed by atoms with Crippen molar-refractivity contribution in [1.29, 1.82) is 0 Å². The first-order valence-electron chi connectivity index (χ1n) is 6.04. The van der Waals surface area contributed by atoms with E-state index in [2.05, 4.69) is 20.6 Å². The van der Waals surface area contributed by atoms with Gasteiger partial charge in [0.05, 0.1) is 12.4 Å². The zero-order valence-electron chi connectivity index (χ0n) is 11.6. The van der Waals surface area contributed by atoms with Crippen LogP contribution in [-0.2, 0) is 4.74 Å². The highest BCUT2D eigenvalue weighted by Crippen LogP contribution is 2.06. The van der Waals surface area contributed by atoms with Gasteiger partial charge >= 0.3 is 12.1 Å². The molecule has 0 saturated heterocycles. The van der Waals surface area contributed by atoms with Gasteiger partial charge in [0.2, 0.25) is 0 Å². The summed E-state index contributed by atoms with van der Waals surface area (Å²) in [5.41, 5.74) is -0.655. The molecule has 0 aliphatic carbocycles. The topological polar surface area (TPSA) is 113 Å². The molecule has 0 aliphatic rings. The summed E-state index contributed by atoms with van der Waals surface area (Å²) in [6, 6.07) is 0. The molecule has 3 N–H and O–H groups in total. The molecule has 0 atom stereocenters. The molecule has 1 amide bonds. The van der Waals surface area contributed by atoms with E-state index < -0.39 is 17.7 Å². The third-order valence-corrected chi connectivity index (χ3v) is 1.97. The number of carbonyl (C=O) groups excluding carboxylic acids is 1. The first kappa shape index (κ1) is 15.7. The number of hydrogen-bond donors (Lipinski definition) is 3. The van der Waals surface area contributed by atoms with Crippen molar-refractivity contribution in [3.05, 3.63) is 18.1 Å². The smallest absolute Gasteiger partial charge is 0.407 e. The minimum Gasteiger partial charge on any atom is -0.476 e. The van der Waals surface area contributed by atoms with Gasteiger partial charge in [0.15, 0.2) is 5.69 Å². The second kappa shape index (κ2) is 6.69. The second-order valence-electron chi connectivity index (χ2n) is 4.95. The number of alkyl carbamates (subject to hydrolysis) is 1. The van der Waals surface area contributed by atoms with Gasteiger partial charge in [0.25, 0.3) is 0 Å². The molecule has 110 valence electrons. The minimum atomic E-state index is -1.13. The summed E-state index contributed by atoms with van der Waals surface area (Å²) in [7, 11) is 0. The molecule has 1 aromatic heterocycles. The molecule has 8 nitrogen and oxygen atoms in total. The molecule has 0 spiro atoms. The molecule has 0 bridgehead atoms. The van der Waals surface area contributed by atoms with Gasteiger partial charge in [-0.2, -0.15) is 0 Å². The average molecular weight is 282 g/mol. The van der Waals surface area contributed by atoms with Crippen molar-refractivity contribution in [2.45, 2.75) is 26.4 Å². The van der Waals surface area contributed by atoms with E-state index in [1.807, 2.05) is 0 Å². The predicted octanol–water partition coefficient (Wildman–Crippen LogP) is 1.11. The van der Waals surface area contributed by atoms with Crippen molar-refractivity contribution < 1.29 is 19.4 Å². The molecule has 1 heterocycles.